The van der Waals surface area contributed by atoms with Gasteiger partial charge in [-0.2, -0.15) is 9.65 Å². The molecule has 0 unspecified atom stereocenters. The van der Waals surface area contributed by atoms with Gasteiger partial charge >= 0.3 is 0 Å². The van der Waals surface area contributed by atoms with Gasteiger partial charge < -0.3 is 4.74 Å². The number of nitriles is 1. The minimum Gasteiger partial charge on any atom is -0.378 e. The van der Waals surface area contributed by atoms with Crippen molar-refractivity contribution in [2.75, 3.05) is 6.61 Å². The van der Waals surface area contributed by atoms with Crippen molar-refractivity contribution in [3.05, 3.63) is 59.4 Å². The number of aryl methyl sites for hydroxylation is 1. The Hall–Kier alpha value is -1.92. The minimum absolute atomic E-state index is 0.428. The van der Waals surface area contributed by atoms with E-state index in [0.717, 1.165) is 19.4 Å². The number of allylic oxidation sites excluding steroid dienone is 4. The molecule has 1 aromatic rings. The quantitative estimate of drug-likeness (QED) is 0.300. The third-order valence-electron chi connectivity index (χ3n) is 7.14. The van der Waals surface area contributed by atoms with E-state index < -0.39 is 5.83 Å². The molecule has 0 N–H and O–H groups in total. The summed E-state index contributed by atoms with van der Waals surface area (Å²) in [6, 6.07) is 10.9. The van der Waals surface area contributed by atoms with Gasteiger partial charge in [0.2, 0.25) is 0 Å². The Morgan fingerprint density at radius 1 is 1.06 bits per heavy atom. The fraction of sp³-hybridized carbons (Fsp3) is 0.607. The maximum Gasteiger partial charge on any atom is 0.199 e. The van der Waals surface area contributed by atoms with Crippen molar-refractivity contribution in [2.24, 2.45) is 11.8 Å². The molecule has 0 atom stereocenters. The molecule has 3 rings (SSSR count). The van der Waals surface area contributed by atoms with E-state index in [1.54, 1.807) is 6.08 Å². The summed E-state index contributed by atoms with van der Waals surface area (Å²) >= 11 is 0. The summed E-state index contributed by atoms with van der Waals surface area (Å²) in [6.07, 6.45) is 18.6. The molecule has 0 saturated heterocycles. The monoisotopic (exact) mass is 423 g/mol. The summed E-state index contributed by atoms with van der Waals surface area (Å²) in [5.74, 6) is 1.13. The lowest BCUT2D eigenvalue weighted by Gasteiger charge is -2.32. The number of halogens is 1. The molecule has 3 heteroatoms. The second-order valence-corrected chi connectivity index (χ2v) is 9.44. The van der Waals surface area contributed by atoms with Gasteiger partial charge in [-0.25, -0.2) is 0 Å². The van der Waals surface area contributed by atoms with E-state index in [4.69, 9.17) is 10.00 Å². The highest BCUT2D eigenvalue weighted by Crippen LogP contribution is 2.35. The lowest BCUT2D eigenvalue weighted by Crippen LogP contribution is -2.25. The zero-order valence-corrected chi connectivity index (χ0v) is 19.1. The predicted octanol–water partition coefficient (Wildman–Crippen LogP) is 7.81. The lowest BCUT2D eigenvalue weighted by molar-refractivity contribution is -0.00337. The molecule has 31 heavy (non-hydrogen) atoms. The Kier molecular flexibility index (Phi) is 9.82. The van der Waals surface area contributed by atoms with E-state index in [2.05, 4.69) is 31.2 Å². The molecule has 2 fully saturated rings. The fourth-order valence-electron chi connectivity index (χ4n) is 5.05. The summed E-state index contributed by atoms with van der Waals surface area (Å²) in [6.45, 7) is 3.14. The smallest absolute Gasteiger partial charge is 0.199 e. The first-order chi connectivity index (χ1) is 15.2. The number of unbranched alkanes of at least 4 members (excludes halogenated alkanes) is 1. The highest BCUT2D eigenvalue weighted by atomic mass is 19.1. The van der Waals surface area contributed by atoms with Gasteiger partial charge in [0.05, 0.1) is 6.10 Å². The number of hydrogen-bond donors (Lipinski definition) is 0. The fourth-order valence-corrected chi connectivity index (χ4v) is 5.05. The van der Waals surface area contributed by atoms with Crippen molar-refractivity contribution in [2.45, 2.75) is 89.6 Å². The van der Waals surface area contributed by atoms with Crippen molar-refractivity contribution in [3.8, 4) is 6.07 Å². The zero-order valence-electron chi connectivity index (χ0n) is 19.1. The summed E-state index contributed by atoms with van der Waals surface area (Å²) in [5, 5.41) is 8.44. The first-order valence-corrected chi connectivity index (χ1v) is 12.3. The van der Waals surface area contributed by atoms with Gasteiger partial charge in [-0.05, 0) is 99.2 Å². The molecule has 1 aromatic carbocycles. The van der Waals surface area contributed by atoms with Crippen LogP contribution in [0.2, 0.25) is 0 Å². The van der Waals surface area contributed by atoms with Crippen LogP contribution in [0.3, 0.4) is 0 Å². The number of benzene rings is 1. The Morgan fingerprint density at radius 2 is 1.77 bits per heavy atom. The van der Waals surface area contributed by atoms with Crippen LogP contribution in [0, 0.1) is 23.2 Å². The minimum atomic E-state index is -0.725. The number of hydrogen-bond acceptors (Lipinski definition) is 2. The second kappa shape index (κ2) is 12.8. The van der Waals surface area contributed by atoms with E-state index in [-0.39, 0.29) is 0 Å². The van der Waals surface area contributed by atoms with Gasteiger partial charge in [-0.3, -0.25) is 0 Å². The van der Waals surface area contributed by atoms with Crippen LogP contribution in [0.5, 0.6) is 0 Å². The highest BCUT2D eigenvalue weighted by Gasteiger charge is 2.25. The number of nitrogens with zero attached hydrogens (tertiary/aromatic N) is 1. The van der Waals surface area contributed by atoms with Gasteiger partial charge in [-0.1, -0.05) is 49.8 Å². The third-order valence-corrected chi connectivity index (χ3v) is 7.14. The molecule has 0 spiro atoms. The Balaban J connectivity index is 1.32. The molecule has 0 bridgehead atoms. The lowest BCUT2D eigenvalue weighted by atomic mass is 9.81. The van der Waals surface area contributed by atoms with Gasteiger partial charge in [0.1, 0.15) is 6.07 Å². The van der Waals surface area contributed by atoms with Crippen molar-refractivity contribution in [1.82, 2.24) is 0 Å². The van der Waals surface area contributed by atoms with Crippen LogP contribution in [-0.4, -0.2) is 12.7 Å². The summed E-state index contributed by atoms with van der Waals surface area (Å²) in [5.41, 5.74) is 2.98. The van der Waals surface area contributed by atoms with Crippen molar-refractivity contribution < 1.29 is 9.13 Å². The van der Waals surface area contributed by atoms with E-state index in [1.807, 2.05) is 6.08 Å². The summed E-state index contributed by atoms with van der Waals surface area (Å²) in [4.78, 5) is 0. The standard InChI is InChI=1S/C28H38FNO/c1-2-3-5-22-12-14-25(15-13-22)26-16-18-28(19-17-26)31-21-24-10-8-23(9-11-24)6-4-7-27(29)20-30/h4,6-7,12-15,23-24,26,28H,2-3,5,8-11,16-19,21H2,1H3/b6-4+,27-7-. The molecule has 0 radical (unpaired) electrons. The van der Waals surface area contributed by atoms with Crippen LogP contribution in [0.25, 0.3) is 0 Å². The Morgan fingerprint density at radius 3 is 2.42 bits per heavy atom. The average Bonchev–Trinajstić information content (AvgIpc) is 2.83. The topological polar surface area (TPSA) is 33.0 Å². The molecule has 0 heterocycles. The largest absolute Gasteiger partial charge is 0.378 e. The van der Waals surface area contributed by atoms with E-state index in [1.165, 1.54) is 81.1 Å². The first-order valence-electron chi connectivity index (χ1n) is 12.3. The van der Waals surface area contributed by atoms with Crippen molar-refractivity contribution >= 4 is 0 Å². The highest BCUT2D eigenvalue weighted by molar-refractivity contribution is 5.26. The molecule has 0 amide bonds. The molecule has 0 aliphatic heterocycles. The van der Waals surface area contributed by atoms with E-state index in [0.29, 0.717) is 23.9 Å². The average molecular weight is 424 g/mol. The SMILES string of the molecule is CCCCc1ccc(C2CCC(OCC3CCC(/C=C/C=C(\F)C#N)CC3)CC2)cc1. The molecule has 2 aliphatic carbocycles. The third kappa shape index (κ3) is 7.93. The summed E-state index contributed by atoms with van der Waals surface area (Å²) < 4.78 is 19.2. The summed E-state index contributed by atoms with van der Waals surface area (Å²) in [7, 11) is 0. The normalized spacial score (nSPS) is 27.3. The molecule has 2 saturated carbocycles. The maximum atomic E-state index is 12.8. The Labute approximate surface area is 188 Å². The predicted molar refractivity (Wildman–Crippen MR) is 125 cm³/mol. The van der Waals surface area contributed by atoms with Crippen LogP contribution in [0.15, 0.2) is 48.3 Å². The Bertz CT molecular complexity index is 744. The molecular formula is C28H38FNO. The van der Waals surface area contributed by atoms with Crippen LogP contribution in [0.1, 0.15) is 88.2 Å². The first kappa shape index (κ1) is 23.7. The van der Waals surface area contributed by atoms with Crippen LogP contribution < -0.4 is 0 Å². The number of ether oxygens (including phenoxy) is 1. The van der Waals surface area contributed by atoms with Crippen LogP contribution >= 0.6 is 0 Å². The molecule has 168 valence electrons. The second-order valence-electron chi connectivity index (χ2n) is 9.44. The molecule has 0 aromatic heterocycles. The van der Waals surface area contributed by atoms with Gasteiger partial charge in [0, 0.05) is 6.61 Å². The van der Waals surface area contributed by atoms with Crippen LogP contribution in [0.4, 0.5) is 4.39 Å². The van der Waals surface area contributed by atoms with Crippen LogP contribution in [-0.2, 0) is 11.2 Å². The number of rotatable bonds is 9. The zero-order chi connectivity index (χ0) is 21.9. The molecule has 2 nitrogen and oxygen atoms in total. The maximum absolute atomic E-state index is 12.8. The van der Waals surface area contributed by atoms with Gasteiger partial charge in [-0.15, -0.1) is 0 Å². The molecule has 2 aliphatic rings. The molecular weight excluding hydrogens is 385 g/mol. The van der Waals surface area contributed by atoms with Gasteiger partial charge in [0.25, 0.3) is 0 Å². The van der Waals surface area contributed by atoms with Gasteiger partial charge in [0.15, 0.2) is 5.83 Å². The van der Waals surface area contributed by atoms with Crippen molar-refractivity contribution in [3.63, 3.8) is 0 Å². The van der Waals surface area contributed by atoms with Crippen molar-refractivity contribution in [1.29, 1.82) is 5.26 Å². The van der Waals surface area contributed by atoms with E-state index in [9.17, 15) is 4.39 Å². The van der Waals surface area contributed by atoms with E-state index >= 15 is 0 Å².